The van der Waals surface area contributed by atoms with Crippen molar-refractivity contribution in [1.29, 1.82) is 0 Å². The van der Waals surface area contributed by atoms with E-state index in [1.54, 1.807) is 0 Å². The van der Waals surface area contributed by atoms with Crippen LogP contribution in [-0.2, 0) is 9.59 Å². The molecule has 0 aliphatic heterocycles. The molecule has 0 spiro atoms. The highest BCUT2D eigenvalue weighted by Gasteiger charge is 2.61. The van der Waals surface area contributed by atoms with Crippen molar-refractivity contribution >= 4 is 11.6 Å². The van der Waals surface area contributed by atoms with Crippen LogP contribution in [-0.4, -0.2) is 11.6 Å². The van der Waals surface area contributed by atoms with Gasteiger partial charge in [0, 0.05) is 17.3 Å². The summed E-state index contributed by atoms with van der Waals surface area (Å²) in [7, 11) is 0. The zero-order valence-electron chi connectivity index (χ0n) is 13.2. The van der Waals surface area contributed by atoms with E-state index >= 15 is 0 Å². The SMILES string of the molecule is C[C@@]12C(=O)C=CC[C@@H]1CC[C@H]1[C@H]2CC[C@]2(C)C(=O)CC[C@@H]12. The van der Waals surface area contributed by atoms with Crippen molar-refractivity contribution in [2.45, 2.75) is 58.8 Å². The topological polar surface area (TPSA) is 34.1 Å². The van der Waals surface area contributed by atoms with E-state index in [0.29, 0.717) is 35.2 Å². The molecule has 0 radical (unpaired) electrons. The molecule has 0 aromatic heterocycles. The Morgan fingerprint density at radius 3 is 2.67 bits per heavy atom. The second kappa shape index (κ2) is 4.30. The second-order valence-corrected chi connectivity index (χ2v) is 8.35. The highest BCUT2D eigenvalue weighted by atomic mass is 16.1. The van der Waals surface area contributed by atoms with Crippen LogP contribution in [0.3, 0.4) is 0 Å². The Balaban J connectivity index is 1.72. The molecule has 0 N–H and O–H groups in total. The van der Waals surface area contributed by atoms with Gasteiger partial charge in [-0.2, -0.15) is 0 Å². The van der Waals surface area contributed by atoms with Crippen LogP contribution in [0.5, 0.6) is 0 Å². The molecule has 3 saturated carbocycles. The molecule has 0 bridgehead atoms. The molecule has 0 heterocycles. The van der Waals surface area contributed by atoms with E-state index in [4.69, 9.17) is 0 Å². The van der Waals surface area contributed by atoms with Crippen LogP contribution in [0.1, 0.15) is 58.8 Å². The van der Waals surface area contributed by atoms with Crippen molar-refractivity contribution in [2.24, 2.45) is 34.5 Å². The van der Waals surface area contributed by atoms with Crippen LogP contribution >= 0.6 is 0 Å². The third kappa shape index (κ3) is 1.59. The number of allylic oxidation sites excluding steroid dienone is 2. The average molecular weight is 286 g/mol. The molecular formula is C19H26O2. The molecule has 21 heavy (non-hydrogen) atoms. The highest BCUT2D eigenvalue weighted by Crippen LogP contribution is 2.64. The van der Waals surface area contributed by atoms with Gasteiger partial charge < -0.3 is 0 Å². The molecular weight excluding hydrogens is 260 g/mol. The maximum Gasteiger partial charge on any atom is 0.161 e. The third-order valence-electron chi connectivity index (χ3n) is 7.83. The summed E-state index contributed by atoms with van der Waals surface area (Å²) in [6.45, 7) is 4.44. The van der Waals surface area contributed by atoms with Gasteiger partial charge in [-0.3, -0.25) is 9.59 Å². The summed E-state index contributed by atoms with van der Waals surface area (Å²) in [4.78, 5) is 25.0. The van der Waals surface area contributed by atoms with Crippen molar-refractivity contribution < 1.29 is 9.59 Å². The number of hydrogen-bond donors (Lipinski definition) is 0. The Kier molecular flexibility index (Phi) is 2.81. The van der Waals surface area contributed by atoms with Gasteiger partial charge >= 0.3 is 0 Å². The van der Waals surface area contributed by atoms with E-state index in [1.807, 2.05) is 6.08 Å². The molecule has 2 heteroatoms. The van der Waals surface area contributed by atoms with Gasteiger partial charge in [-0.05, 0) is 68.3 Å². The normalized spacial score (nSPS) is 52.3. The van der Waals surface area contributed by atoms with Gasteiger partial charge in [-0.15, -0.1) is 0 Å². The predicted octanol–water partition coefficient (Wildman–Crippen LogP) is 3.94. The fraction of sp³-hybridized carbons (Fsp3) is 0.789. The largest absolute Gasteiger partial charge is 0.299 e. The molecule has 6 atom stereocenters. The fourth-order valence-corrected chi connectivity index (χ4v) is 6.47. The molecule has 114 valence electrons. The maximum absolute atomic E-state index is 12.7. The summed E-state index contributed by atoms with van der Waals surface area (Å²) in [6.07, 6.45) is 11.3. The summed E-state index contributed by atoms with van der Waals surface area (Å²) in [5.41, 5.74) is -0.220. The van der Waals surface area contributed by atoms with Crippen molar-refractivity contribution in [2.75, 3.05) is 0 Å². The van der Waals surface area contributed by atoms with Crippen LogP contribution in [0.15, 0.2) is 12.2 Å². The van der Waals surface area contributed by atoms with Crippen molar-refractivity contribution in [3.05, 3.63) is 12.2 Å². The second-order valence-electron chi connectivity index (χ2n) is 8.35. The zero-order chi connectivity index (χ0) is 14.8. The standard InChI is InChI=1S/C19H26O2/c1-18-11-10-15-13(14(18)8-9-16(18)20)7-6-12-4-3-5-17(21)19(12,15)2/h3,5,12-15H,4,6-11H2,1-2H3/t12-,13-,14+,15-,18+,19-/m1/s1. The number of hydrogen-bond acceptors (Lipinski definition) is 2. The van der Waals surface area contributed by atoms with Gasteiger partial charge in [0.05, 0.1) is 0 Å². The van der Waals surface area contributed by atoms with Gasteiger partial charge in [0.25, 0.3) is 0 Å². The molecule has 0 aromatic carbocycles. The first-order chi connectivity index (χ1) is 9.98. The first-order valence-electron chi connectivity index (χ1n) is 8.72. The first-order valence-corrected chi connectivity index (χ1v) is 8.72. The van der Waals surface area contributed by atoms with Gasteiger partial charge in [0.15, 0.2) is 5.78 Å². The smallest absolute Gasteiger partial charge is 0.161 e. The lowest BCUT2D eigenvalue weighted by Gasteiger charge is -2.57. The molecule has 0 unspecified atom stereocenters. The van der Waals surface area contributed by atoms with Crippen molar-refractivity contribution in [3.63, 3.8) is 0 Å². The van der Waals surface area contributed by atoms with Crippen molar-refractivity contribution in [3.8, 4) is 0 Å². The Bertz CT molecular complexity index is 534. The molecule has 0 saturated heterocycles. The monoisotopic (exact) mass is 286 g/mol. The molecule has 4 aliphatic carbocycles. The van der Waals surface area contributed by atoms with E-state index in [2.05, 4.69) is 19.9 Å². The summed E-state index contributed by atoms with van der Waals surface area (Å²) in [5, 5.41) is 0. The summed E-state index contributed by atoms with van der Waals surface area (Å²) in [5.74, 6) is 3.05. The quantitative estimate of drug-likeness (QED) is 0.676. The molecule has 4 aliphatic rings. The lowest BCUT2D eigenvalue weighted by atomic mass is 9.46. The molecule has 3 fully saturated rings. The summed E-state index contributed by atoms with van der Waals surface area (Å²) < 4.78 is 0. The van der Waals surface area contributed by atoms with Gasteiger partial charge in [-0.25, -0.2) is 0 Å². The number of fused-ring (bicyclic) bond motifs is 5. The molecule has 0 amide bonds. The predicted molar refractivity (Wildman–Crippen MR) is 81.6 cm³/mol. The van der Waals surface area contributed by atoms with Crippen LogP contribution in [0.25, 0.3) is 0 Å². The van der Waals surface area contributed by atoms with Crippen LogP contribution < -0.4 is 0 Å². The number of ketones is 2. The van der Waals surface area contributed by atoms with E-state index < -0.39 is 0 Å². The lowest BCUT2D eigenvalue weighted by Crippen LogP contribution is -2.55. The fourth-order valence-electron chi connectivity index (χ4n) is 6.47. The van der Waals surface area contributed by atoms with Crippen molar-refractivity contribution in [1.82, 2.24) is 0 Å². The van der Waals surface area contributed by atoms with Crippen LogP contribution in [0.2, 0.25) is 0 Å². The zero-order valence-corrected chi connectivity index (χ0v) is 13.2. The average Bonchev–Trinajstić information content (AvgIpc) is 2.76. The Morgan fingerprint density at radius 2 is 1.86 bits per heavy atom. The van der Waals surface area contributed by atoms with Gasteiger partial charge in [-0.1, -0.05) is 19.9 Å². The summed E-state index contributed by atoms with van der Waals surface area (Å²) >= 11 is 0. The molecule has 4 rings (SSSR count). The van der Waals surface area contributed by atoms with Crippen LogP contribution in [0, 0.1) is 34.5 Å². The van der Waals surface area contributed by atoms with Gasteiger partial charge in [0.1, 0.15) is 5.78 Å². The Hall–Kier alpha value is -0.920. The van der Waals surface area contributed by atoms with E-state index in [0.717, 1.165) is 32.1 Å². The van der Waals surface area contributed by atoms with E-state index in [-0.39, 0.29) is 10.8 Å². The van der Waals surface area contributed by atoms with Crippen LogP contribution in [0.4, 0.5) is 0 Å². The highest BCUT2D eigenvalue weighted by molar-refractivity contribution is 5.96. The summed E-state index contributed by atoms with van der Waals surface area (Å²) in [6, 6.07) is 0. The number of carbonyl (C=O) groups excluding carboxylic acids is 2. The Labute approximate surface area is 127 Å². The number of carbonyl (C=O) groups is 2. The number of Topliss-reactive ketones (excluding diaryl/α,β-unsaturated/α-hetero) is 1. The molecule has 0 aromatic rings. The third-order valence-corrected chi connectivity index (χ3v) is 7.83. The lowest BCUT2D eigenvalue weighted by molar-refractivity contribution is -0.148. The molecule has 2 nitrogen and oxygen atoms in total. The maximum atomic E-state index is 12.7. The van der Waals surface area contributed by atoms with E-state index in [9.17, 15) is 9.59 Å². The first kappa shape index (κ1) is 13.7. The minimum atomic E-state index is -0.148. The van der Waals surface area contributed by atoms with Gasteiger partial charge in [0.2, 0.25) is 0 Å². The Morgan fingerprint density at radius 1 is 1.05 bits per heavy atom. The minimum absolute atomic E-state index is 0.0715. The number of rotatable bonds is 0. The van der Waals surface area contributed by atoms with E-state index in [1.165, 1.54) is 12.8 Å². The minimum Gasteiger partial charge on any atom is -0.299 e.